The van der Waals surface area contributed by atoms with Gasteiger partial charge in [0.2, 0.25) is 5.95 Å². The highest BCUT2D eigenvalue weighted by atomic mass is 16.5. The van der Waals surface area contributed by atoms with Crippen LogP contribution in [0, 0.1) is 0 Å². The zero-order valence-electron chi connectivity index (χ0n) is 15.8. The van der Waals surface area contributed by atoms with Crippen molar-refractivity contribution in [3.63, 3.8) is 0 Å². The van der Waals surface area contributed by atoms with Crippen molar-refractivity contribution in [3.8, 4) is 11.3 Å². The lowest BCUT2D eigenvalue weighted by molar-refractivity contribution is 0.122. The molecule has 140 valence electrons. The average Bonchev–Trinajstić information content (AvgIpc) is 3.33. The molecule has 0 radical (unpaired) electrons. The van der Waals surface area contributed by atoms with Crippen molar-refractivity contribution in [2.45, 2.75) is 37.8 Å². The average molecular weight is 356 g/mol. The van der Waals surface area contributed by atoms with Crippen molar-refractivity contribution < 1.29 is 4.74 Å². The Hall–Kier alpha value is -1.99. The van der Waals surface area contributed by atoms with Crippen LogP contribution in [0.5, 0.6) is 0 Å². The minimum absolute atomic E-state index is 0.226. The monoisotopic (exact) mass is 356 g/mol. The molecule has 1 aliphatic carbocycles. The molecule has 2 aromatic rings. The topological polar surface area (TPSA) is 59.3 Å². The maximum absolute atomic E-state index is 5.40. The number of hydrogen-bond donors (Lipinski definition) is 0. The highest BCUT2D eigenvalue weighted by molar-refractivity contribution is 5.57. The van der Waals surface area contributed by atoms with Crippen LogP contribution < -0.4 is 4.90 Å². The van der Waals surface area contributed by atoms with Gasteiger partial charge in [-0.1, -0.05) is 12.8 Å². The van der Waals surface area contributed by atoms with Crippen LogP contribution in [-0.4, -0.2) is 70.4 Å². The number of aromatic nitrogens is 4. The largest absolute Gasteiger partial charge is 0.378 e. The molecule has 1 saturated heterocycles. The maximum Gasteiger partial charge on any atom is 0.225 e. The second-order valence-corrected chi connectivity index (χ2v) is 7.60. The van der Waals surface area contributed by atoms with Gasteiger partial charge in [-0.15, -0.1) is 0 Å². The standard InChI is InChI=1S/C19H28N6O/c1-23(2)19(5-3-4-6-19)14-25-15-20-13-17(25)16-11-21-18(22-12-16)24-7-9-26-10-8-24/h11-13,15H,3-10,14H2,1-2H3. The van der Waals surface area contributed by atoms with Gasteiger partial charge in [0, 0.05) is 43.1 Å². The summed E-state index contributed by atoms with van der Waals surface area (Å²) in [6.07, 6.45) is 12.8. The number of nitrogens with zero attached hydrogens (tertiary/aromatic N) is 6. The molecule has 0 spiro atoms. The lowest BCUT2D eigenvalue weighted by Gasteiger charge is -2.37. The summed E-state index contributed by atoms with van der Waals surface area (Å²) in [5, 5.41) is 0. The normalized spacial score (nSPS) is 20.0. The minimum Gasteiger partial charge on any atom is -0.378 e. The van der Waals surface area contributed by atoms with E-state index in [1.54, 1.807) is 0 Å². The molecule has 0 N–H and O–H groups in total. The van der Waals surface area contributed by atoms with Crippen molar-refractivity contribution in [2.75, 3.05) is 45.3 Å². The number of morpholine rings is 1. The molecule has 0 aromatic carbocycles. The predicted molar refractivity (Wildman–Crippen MR) is 101 cm³/mol. The molecule has 1 aliphatic heterocycles. The van der Waals surface area contributed by atoms with E-state index in [0.29, 0.717) is 0 Å². The molecule has 0 bridgehead atoms. The van der Waals surface area contributed by atoms with Gasteiger partial charge in [-0.05, 0) is 26.9 Å². The molecule has 0 atom stereocenters. The Morgan fingerprint density at radius 3 is 2.42 bits per heavy atom. The number of imidazole rings is 1. The van der Waals surface area contributed by atoms with Gasteiger partial charge in [0.05, 0.1) is 31.4 Å². The molecule has 1 saturated carbocycles. The van der Waals surface area contributed by atoms with Crippen LogP contribution in [0.2, 0.25) is 0 Å². The Morgan fingerprint density at radius 2 is 1.77 bits per heavy atom. The molecule has 0 amide bonds. The van der Waals surface area contributed by atoms with Crippen LogP contribution in [-0.2, 0) is 11.3 Å². The van der Waals surface area contributed by atoms with E-state index in [1.807, 2.05) is 24.9 Å². The number of ether oxygens (including phenoxy) is 1. The summed E-state index contributed by atoms with van der Waals surface area (Å²) in [7, 11) is 4.39. The smallest absolute Gasteiger partial charge is 0.225 e. The Morgan fingerprint density at radius 1 is 1.08 bits per heavy atom. The quantitative estimate of drug-likeness (QED) is 0.817. The second-order valence-electron chi connectivity index (χ2n) is 7.60. The molecular weight excluding hydrogens is 328 g/mol. The first-order valence-electron chi connectivity index (χ1n) is 9.51. The summed E-state index contributed by atoms with van der Waals surface area (Å²) >= 11 is 0. The van der Waals surface area contributed by atoms with Gasteiger partial charge in [-0.2, -0.15) is 0 Å². The lowest BCUT2D eigenvalue weighted by atomic mass is 9.95. The summed E-state index contributed by atoms with van der Waals surface area (Å²) in [4.78, 5) is 18.1. The van der Waals surface area contributed by atoms with Crippen LogP contribution in [0.15, 0.2) is 24.9 Å². The fraction of sp³-hybridized carbons (Fsp3) is 0.632. The summed E-state index contributed by atoms with van der Waals surface area (Å²) in [5.41, 5.74) is 2.34. The Labute approximate surface area is 155 Å². The molecule has 4 rings (SSSR count). The van der Waals surface area contributed by atoms with Crippen LogP contribution in [0.3, 0.4) is 0 Å². The van der Waals surface area contributed by atoms with E-state index in [4.69, 9.17) is 4.74 Å². The molecule has 0 unspecified atom stereocenters. The van der Waals surface area contributed by atoms with E-state index < -0.39 is 0 Å². The zero-order chi connectivity index (χ0) is 18.0. The van der Waals surface area contributed by atoms with Gasteiger partial charge >= 0.3 is 0 Å². The van der Waals surface area contributed by atoms with Gasteiger partial charge in [-0.25, -0.2) is 15.0 Å². The zero-order valence-corrected chi connectivity index (χ0v) is 15.8. The number of hydrogen-bond acceptors (Lipinski definition) is 6. The summed E-state index contributed by atoms with van der Waals surface area (Å²) in [6, 6.07) is 0. The summed E-state index contributed by atoms with van der Waals surface area (Å²) in [6.45, 7) is 4.14. The van der Waals surface area contributed by atoms with E-state index in [2.05, 4.69) is 43.4 Å². The van der Waals surface area contributed by atoms with E-state index in [-0.39, 0.29) is 5.54 Å². The summed E-state index contributed by atoms with van der Waals surface area (Å²) < 4.78 is 7.66. The fourth-order valence-electron chi connectivity index (χ4n) is 4.16. The molecule has 2 aromatic heterocycles. The van der Waals surface area contributed by atoms with Crippen molar-refractivity contribution >= 4 is 5.95 Å². The highest BCUT2D eigenvalue weighted by Gasteiger charge is 2.36. The number of likely N-dealkylation sites (N-methyl/N-ethyl adjacent to an activating group) is 1. The van der Waals surface area contributed by atoms with Crippen LogP contribution in [0.1, 0.15) is 25.7 Å². The number of anilines is 1. The molecule has 2 fully saturated rings. The highest BCUT2D eigenvalue weighted by Crippen LogP contribution is 2.36. The van der Waals surface area contributed by atoms with Crippen LogP contribution >= 0.6 is 0 Å². The Bertz CT molecular complexity index is 714. The van der Waals surface area contributed by atoms with Crippen LogP contribution in [0.4, 0.5) is 5.95 Å². The lowest BCUT2D eigenvalue weighted by Crippen LogP contribution is -2.45. The SMILES string of the molecule is CN(C)C1(Cn2cncc2-c2cnc(N3CCOCC3)nc2)CCCC1. The third-order valence-electron chi connectivity index (χ3n) is 5.89. The first-order valence-corrected chi connectivity index (χ1v) is 9.51. The van der Waals surface area contributed by atoms with Crippen molar-refractivity contribution in [1.29, 1.82) is 0 Å². The predicted octanol–water partition coefficient (Wildman–Crippen LogP) is 2.05. The molecule has 7 heteroatoms. The number of rotatable bonds is 5. The molecule has 7 nitrogen and oxygen atoms in total. The Balaban J connectivity index is 1.54. The van der Waals surface area contributed by atoms with Crippen molar-refractivity contribution in [3.05, 3.63) is 24.9 Å². The third-order valence-corrected chi connectivity index (χ3v) is 5.89. The second kappa shape index (κ2) is 7.32. The molecule has 3 heterocycles. The molecule has 26 heavy (non-hydrogen) atoms. The maximum atomic E-state index is 5.40. The summed E-state index contributed by atoms with van der Waals surface area (Å²) in [5.74, 6) is 0.781. The van der Waals surface area contributed by atoms with E-state index in [0.717, 1.165) is 50.1 Å². The molecule has 2 aliphatic rings. The van der Waals surface area contributed by atoms with Gasteiger partial charge in [-0.3, -0.25) is 0 Å². The van der Waals surface area contributed by atoms with Gasteiger partial charge < -0.3 is 19.1 Å². The van der Waals surface area contributed by atoms with Crippen molar-refractivity contribution in [2.24, 2.45) is 0 Å². The Kier molecular flexibility index (Phi) is 4.91. The van der Waals surface area contributed by atoms with E-state index >= 15 is 0 Å². The fourth-order valence-corrected chi connectivity index (χ4v) is 4.16. The minimum atomic E-state index is 0.226. The van der Waals surface area contributed by atoms with E-state index in [9.17, 15) is 0 Å². The van der Waals surface area contributed by atoms with Gasteiger partial charge in [0.15, 0.2) is 0 Å². The van der Waals surface area contributed by atoms with Gasteiger partial charge in [0.25, 0.3) is 0 Å². The third kappa shape index (κ3) is 3.33. The van der Waals surface area contributed by atoms with Crippen molar-refractivity contribution in [1.82, 2.24) is 24.4 Å². The molecular formula is C19H28N6O. The van der Waals surface area contributed by atoms with Gasteiger partial charge in [0.1, 0.15) is 0 Å². The first-order chi connectivity index (χ1) is 12.7. The van der Waals surface area contributed by atoms with E-state index in [1.165, 1.54) is 25.7 Å². The first kappa shape index (κ1) is 17.4. The van der Waals surface area contributed by atoms with Crippen LogP contribution in [0.25, 0.3) is 11.3 Å².